The Kier molecular flexibility index (Phi) is 1.72. The highest BCUT2D eigenvalue weighted by Crippen LogP contribution is 2.21. The number of nitrogens with two attached hydrogens (primary N) is 1. The fraction of sp³-hybridized carbons (Fsp3) is 0. The lowest BCUT2D eigenvalue weighted by Crippen LogP contribution is -1.95. The van der Waals surface area contributed by atoms with E-state index in [1.807, 2.05) is 23.8 Å². The van der Waals surface area contributed by atoms with E-state index in [2.05, 4.69) is 16.1 Å². The molecule has 0 bridgehead atoms. The van der Waals surface area contributed by atoms with E-state index in [0.717, 1.165) is 15.9 Å². The molecule has 0 aliphatic carbocycles. The molecule has 0 saturated heterocycles. The zero-order valence-electron chi connectivity index (χ0n) is 7.79. The molecule has 0 atom stereocenters. The van der Waals surface area contributed by atoms with E-state index in [9.17, 15) is 0 Å². The number of benzene rings is 1. The molecule has 1 aromatic carbocycles. The number of nitrogen functional groups attached to an aromatic ring is 1. The standard InChI is InChI=1S/C10H8N4S/c11-10-3-4-14(13-10)7-1-2-8-9(5-7)15-6-12-8/h1-6H,(H2,11,13). The molecule has 0 fully saturated rings. The van der Waals surface area contributed by atoms with Crippen molar-refractivity contribution in [2.24, 2.45) is 0 Å². The quantitative estimate of drug-likeness (QED) is 0.677. The van der Waals surface area contributed by atoms with Crippen molar-refractivity contribution < 1.29 is 0 Å². The lowest BCUT2D eigenvalue weighted by molar-refractivity contribution is 0.888. The fourth-order valence-electron chi connectivity index (χ4n) is 1.47. The maximum absolute atomic E-state index is 5.57. The van der Waals surface area contributed by atoms with Gasteiger partial charge in [0.05, 0.1) is 21.4 Å². The van der Waals surface area contributed by atoms with Crippen LogP contribution in [0.5, 0.6) is 0 Å². The van der Waals surface area contributed by atoms with Crippen LogP contribution in [0.3, 0.4) is 0 Å². The van der Waals surface area contributed by atoms with E-state index in [1.54, 1.807) is 22.1 Å². The van der Waals surface area contributed by atoms with Crippen LogP contribution in [-0.2, 0) is 0 Å². The van der Waals surface area contributed by atoms with Crippen molar-refractivity contribution in [3.05, 3.63) is 36.0 Å². The van der Waals surface area contributed by atoms with Gasteiger partial charge in [-0.05, 0) is 18.2 Å². The summed E-state index contributed by atoms with van der Waals surface area (Å²) in [6.07, 6.45) is 1.84. The summed E-state index contributed by atoms with van der Waals surface area (Å²) in [5.41, 5.74) is 9.43. The van der Waals surface area contributed by atoms with Crippen LogP contribution in [-0.4, -0.2) is 14.8 Å². The minimum Gasteiger partial charge on any atom is -0.382 e. The molecule has 0 saturated carbocycles. The van der Waals surface area contributed by atoms with Gasteiger partial charge < -0.3 is 5.73 Å². The maximum atomic E-state index is 5.57. The highest BCUT2D eigenvalue weighted by molar-refractivity contribution is 7.16. The molecule has 0 unspecified atom stereocenters. The number of aromatic nitrogens is 3. The van der Waals surface area contributed by atoms with E-state index in [1.165, 1.54) is 0 Å². The second-order valence-electron chi connectivity index (χ2n) is 3.19. The first kappa shape index (κ1) is 8.43. The molecule has 0 aliphatic heterocycles. The van der Waals surface area contributed by atoms with Crippen molar-refractivity contribution in [1.29, 1.82) is 0 Å². The Labute approximate surface area is 90.0 Å². The van der Waals surface area contributed by atoms with Gasteiger partial charge >= 0.3 is 0 Å². The zero-order chi connectivity index (χ0) is 10.3. The highest BCUT2D eigenvalue weighted by atomic mass is 32.1. The molecule has 2 aromatic heterocycles. The van der Waals surface area contributed by atoms with Gasteiger partial charge in [-0.2, -0.15) is 5.10 Å². The van der Waals surface area contributed by atoms with Crippen LogP contribution < -0.4 is 5.73 Å². The van der Waals surface area contributed by atoms with Crippen molar-refractivity contribution in [3.8, 4) is 5.69 Å². The molecular weight excluding hydrogens is 208 g/mol. The molecule has 0 spiro atoms. The predicted molar refractivity (Wildman–Crippen MR) is 61.2 cm³/mol. The Hall–Kier alpha value is -1.88. The van der Waals surface area contributed by atoms with E-state index in [0.29, 0.717) is 5.82 Å². The molecule has 4 nitrogen and oxygen atoms in total. The molecule has 0 radical (unpaired) electrons. The van der Waals surface area contributed by atoms with Gasteiger partial charge in [-0.15, -0.1) is 11.3 Å². The fourth-order valence-corrected chi connectivity index (χ4v) is 2.18. The minimum atomic E-state index is 0.527. The van der Waals surface area contributed by atoms with Crippen LogP contribution in [0.2, 0.25) is 0 Å². The summed E-state index contributed by atoms with van der Waals surface area (Å²) in [6, 6.07) is 7.80. The largest absolute Gasteiger partial charge is 0.382 e. The third-order valence-corrected chi connectivity index (χ3v) is 2.98. The van der Waals surface area contributed by atoms with E-state index >= 15 is 0 Å². The predicted octanol–water partition coefficient (Wildman–Crippen LogP) is 2.06. The summed E-state index contributed by atoms with van der Waals surface area (Å²) >= 11 is 1.62. The molecule has 0 amide bonds. The highest BCUT2D eigenvalue weighted by Gasteiger charge is 2.01. The van der Waals surface area contributed by atoms with E-state index in [4.69, 9.17) is 5.73 Å². The Morgan fingerprint density at radius 2 is 2.20 bits per heavy atom. The lowest BCUT2D eigenvalue weighted by Gasteiger charge is -1.99. The molecule has 0 aliphatic rings. The second kappa shape index (κ2) is 3.06. The van der Waals surface area contributed by atoms with Gasteiger partial charge in [-0.3, -0.25) is 0 Å². The molecule has 2 heterocycles. The molecule has 74 valence electrons. The van der Waals surface area contributed by atoms with Gasteiger partial charge in [0, 0.05) is 12.3 Å². The zero-order valence-corrected chi connectivity index (χ0v) is 8.61. The smallest absolute Gasteiger partial charge is 0.145 e. The van der Waals surface area contributed by atoms with Gasteiger partial charge in [-0.25, -0.2) is 9.67 Å². The van der Waals surface area contributed by atoms with Crippen molar-refractivity contribution in [2.75, 3.05) is 5.73 Å². The molecule has 2 N–H and O–H groups in total. The number of fused-ring (bicyclic) bond motifs is 1. The van der Waals surface area contributed by atoms with Crippen LogP contribution in [0, 0.1) is 0 Å². The Balaban J connectivity index is 2.18. The van der Waals surface area contributed by atoms with Crippen molar-refractivity contribution in [1.82, 2.24) is 14.8 Å². The summed E-state index contributed by atoms with van der Waals surface area (Å²) < 4.78 is 2.91. The first-order valence-corrected chi connectivity index (χ1v) is 5.36. The Bertz CT molecular complexity index is 610. The molecule has 5 heteroatoms. The number of rotatable bonds is 1. The topological polar surface area (TPSA) is 56.7 Å². The van der Waals surface area contributed by atoms with Gasteiger partial charge in [0.15, 0.2) is 0 Å². The van der Waals surface area contributed by atoms with Gasteiger partial charge in [0.25, 0.3) is 0 Å². The van der Waals surface area contributed by atoms with Crippen molar-refractivity contribution in [3.63, 3.8) is 0 Å². The van der Waals surface area contributed by atoms with Crippen LogP contribution >= 0.6 is 11.3 Å². The maximum Gasteiger partial charge on any atom is 0.145 e. The van der Waals surface area contributed by atoms with Crippen LogP contribution in [0.25, 0.3) is 15.9 Å². The monoisotopic (exact) mass is 216 g/mol. The molecule has 3 aromatic rings. The first-order chi connectivity index (χ1) is 7.33. The summed E-state index contributed by atoms with van der Waals surface area (Å²) in [5, 5.41) is 4.15. The average molecular weight is 216 g/mol. The van der Waals surface area contributed by atoms with Crippen molar-refractivity contribution in [2.45, 2.75) is 0 Å². The summed E-state index contributed by atoms with van der Waals surface area (Å²) in [6.45, 7) is 0. The number of hydrogen-bond acceptors (Lipinski definition) is 4. The van der Waals surface area contributed by atoms with Crippen molar-refractivity contribution >= 4 is 27.4 Å². The molecular formula is C10H8N4S. The summed E-state index contributed by atoms with van der Waals surface area (Å²) in [7, 11) is 0. The van der Waals surface area contributed by atoms with Gasteiger partial charge in [0.1, 0.15) is 5.82 Å². The number of anilines is 1. The normalized spacial score (nSPS) is 10.9. The van der Waals surface area contributed by atoms with E-state index in [-0.39, 0.29) is 0 Å². The Morgan fingerprint density at radius 1 is 1.27 bits per heavy atom. The average Bonchev–Trinajstić information content (AvgIpc) is 2.84. The van der Waals surface area contributed by atoms with Gasteiger partial charge in [-0.1, -0.05) is 0 Å². The minimum absolute atomic E-state index is 0.527. The number of hydrogen-bond donors (Lipinski definition) is 1. The molecule has 15 heavy (non-hydrogen) atoms. The van der Waals surface area contributed by atoms with Crippen LogP contribution in [0.15, 0.2) is 36.0 Å². The van der Waals surface area contributed by atoms with E-state index < -0.39 is 0 Å². The third-order valence-electron chi connectivity index (χ3n) is 2.19. The van der Waals surface area contributed by atoms with Crippen LogP contribution in [0.1, 0.15) is 0 Å². The summed E-state index contributed by atoms with van der Waals surface area (Å²) in [5.74, 6) is 0.527. The first-order valence-electron chi connectivity index (χ1n) is 4.48. The second-order valence-corrected chi connectivity index (χ2v) is 4.08. The lowest BCUT2D eigenvalue weighted by atomic mass is 10.3. The Morgan fingerprint density at radius 3 is 3.00 bits per heavy atom. The SMILES string of the molecule is Nc1ccn(-c2ccc3ncsc3c2)n1. The van der Waals surface area contributed by atoms with Gasteiger partial charge in [0.2, 0.25) is 0 Å². The number of thiazole rings is 1. The third kappa shape index (κ3) is 1.37. The molecule has 3 rings (SSSR count). The van der Waals surface area contributed by atoms with Crippen LogP contribution in [0.4, 0.5) is 5.82 Å². The summed E-state index contributed by atoms with van der Waals surface area (Å²) in [4.78, 5) is 4.22. The number of nitrogens with zero attached hydrogens (tertiary/aromatic N) is 3.